The Kier molecular flexibility index (Phi) is 8.07. The minimum absolute atomic E-state index is 0.551. The molecule has 0 aromatic heterocycles. The van der Waals surface area contributed by atoms with Crippen molar-refractivity contribution in [2.75, 3.05) is 0 Å². The van der Waals surface area contributed by atoms with Crippen LogP contribution in [0.4, 0.5) is 0 Å². The predicted molar refractivity (Wildman–Crippen MR) is 49.7 cm³/mol. The number of rotatable bonds is 5. The van der Waals surface area contributed by atoms with Crippen molar-refractivity contribution in [1.82, 2.24) is 0 Å². The SMILES string of the molecule is CCCC/C=C(\Cl)[Se]CC. The predicted octanol–water partition coefficient (Wildman–Crippen LogP) is 3.40. The summed E-state index contributed by atoms with van der Waals surface area (Å²) in [5.74, 6) is 0. The third-order valence-corrected chi connectivity index (χ3v) is 3.40. The van der Waals surface area contributed by atoms with Gasteiger partial charge in [0.1, 0.15) is 0 Å². The Morgan fingerprint density at radius 3 is 2.70 bits per heavy atom. The summed E-state index contributed by atoms with van der Waals surface area (Å²) in [6.07, 6.45) is 5.88. The summed E-state index contributed by atoms with van der Waals surface area (Å²) in [4.78, 5) is 0. The van der Waals surface area contributed by atoms with Crippen LogP contribution < -0.4 is 0 Å². The molecule has 0 aliphatic rings. The van der Waals surface area contributed by atoms with Gasteiger partial charge in [-0.3, -0.25) is 0 Å². The van der Waals surface area contributed by atoms with Crippen LogP contribution in [0.2, 0.25) is 5.32 Å². The van der Waals surface area contributed by atoms with Crippen LogP contribution in [0.15, 0.2) is 10.0 Å². The fraction of sp³-hybridized carbons (Fsp3) is 0.750. The van der Waals surface area contributed by atoms with E-state index in [1.54, 1.807) is 0 Å². The van der Waals surface area contributed by atoms with Crippen molar-refractivity contribution in [3.63, 3.8) is 0 Å². The molecular weight excluding hydrogens is 211 g/mol. The van der Waals surface area contributed by atoms with E-state index in [9.17, 15) is 0 Å². The molecule has 0 aromatic rings. The van der Waals surface area contributed by atoms with Crippen LogP contribution in [-0.4, -0.2) is 15.0 Å². The Morgan fingerprint density at radius 2 is 2.20 bits per heavy atom. The van der Waals surface area contributed by atoms with Gasteiger partial charge in [-0.25, -0.2) is 0 Å². The van der Waals surface area contributed by atoms with Crippen LogP contribution in [0, 0.1) is 0 Å². The second-order valence-electron chi connectivity index (χ2n) is 2.08. The van der Waals surface area contributed by atoms with Crippen LogP contribution in [0.5, 0.6) is 0 Å². The van der Waals surface area contributed by atoms with Gasteiger partial charge in [0.25, 0.3) is 0 Å². The maximum absolute atomic E-state index is 5.91. The average Bonchev–Trinajstić information content (AvgIpc) is 1.89. The minimum atomic E-state index is 0.551. The van der Waals surface area contributed by atoms with E-state index in [2.05, 4.69) is 19.9 Å². The van der Waals surface area contributed by atoms with Gasteiger partial charge >= 0.3 is 75.0 Å². The molecule has 0 nitrogen and oxygen atoms in total. The molecule has 2 heteroatoms. The van der Waals surface area contributed by atoms with Crippen LogP contribution in [0.25, 0.3) is 0 Å². The Hall–Kier alpha value is 0.549. The van der Waals surface area contributed by atoms with Crippen molar-refractivity contribution in [2.45, 2.75) is 38.4 Å². The zero-order valence-electron chi connectivity index (χ0n) is 6.69. The zero-order valence-corrected chi connectivity index (χ0v) is 9.16. The van der Waals surface area contributed by atoms with Gasteiger partial charge < -0.3 is 0 Å². The normalized spacial score (nSPS) is 12.1. The second-order valence-corrected chi connectivity index (χ2v) is 5.74. The van der Waals surface area contributed by atoms with Crippen molar-refractivity contribution < 1.29 is 0 Å². The number of halogens is 1. The van der Waals surface area contributed by atoms with Crippen LogP contribution in [-0.2, 0) is 0 Å². The van der Waals surface area contributed by atoms with Crippen molar-refractivity contribution in [1.29, 1.82) is 0 Å². The summed E-state index contributed by atoms with van der Waals surface area (Å²) >= 11 is 6.46. The Morgan fingerprint density at radius 1 is 1.50 bits per heavy atom. The molecule has 60 valence electrons. The van der Waals surface area contributed by atoms with Crippen LogP contribution in [0.3, 0.4) is 0 Å². The maximum atomic E-state index is 5.91. The second kappa shape index (κ2) is 7.65. The molecule has 0 unspecified atom stereocenters. The standard InChI is InChI=1S/C8H15ClSe/c1-3-5-6-7-8(9)10-4-2/h7H,3-6H2,1-2H3/b8-7+. The monoisotopic (exact) mass is 226 g/mol. The summed E-state index contributed by atoms with van der Waals surface area (Å²) in [6.45, 7) is 4.38. The van der Waals surface area contributed by atoms with Gasteiger partial charge in [-0.2, -0.15) is 0 Å². The summed E-state index contributed by atoms with van der Waals surface area (Å²) in [6, 6.07) is 0. The first-order valence-corrected chi connectivity index (χ1v) is 6.24. The first-order chi connectivity index (χ1) is 4.81. The van der Waals surface area contributed by atoms with Gasteiger partial charge in [-0.1, -0.05) is 0 Å². The topological polar surface area (TPSA) is 0 Å². The van der Waals surface area contributed by atoms with E-state index in [-0.39, 0.29) is 0 Å². The molecule has 0 N–H and O–H groups in total. The Labute approximate surface area is 75.2 Å². The molecule has 10 heavy (non-hydrogen) atoms. The van der Waals surface area contributed by atoms with E-state index in [0.717, 1.165) is 10.4 Å². The van der Waals surface area contributed by atoms with E-state index in [4.69, 9.17) is 11.6 Å². The first-order valence-electron chi connectivity index (χ1n) is 3.79. The average molecular weight is 226 g/mol. The summed E-state index contributed by atoms with van der Waals surface area (Å²) in [7, 11) is 0. The van der Waals surface area contributed by atoms with Crippen molar-refractivity contribution >= 4 is 26.6 Å². The first kappa shape index (κ1) is 10.5. The molecule has 0 aliphatic heterocycles. The van der Waals surface area contributed by atoms with E-state index in [1.807, 2.05) is 0 Å². The fourth-order valence-corrected chi connectivity index (χ4v) is 2.37. The zero-order chi connectivity index (χ0) is 7.82. The van der Waals surface area contributed by atoms with E-state index in [0.29, 0.717) is 15.0 Å². The third kappa shape index (κ3) is 6.67. The van der Waals surface area contributed by atoms with Crippen molar-refractivity contribution in [3.8, 4) is 0 Å². The Balaban J connectivity index is 3.28. The van der Waals surface area contributed by atoms with Gasteiger partial charge in [0.2, 0.25) is 0 Å². The van der Waals surface area contributed by atoms with Gasteiger partial charge in [-0.05, 0) is 0 Å². The molecule has 0 bridgehead atoms. The number of hydrogen-bond donors (Lipinski definition) is 0. The van der Waals surface area contributed by atoms with E-state index >= 15 is 0 Å². The van der Waals surface area contributed by atoms with Gasteiger partial charge in [0.15, 0.2) is 0 Å². The van der Waals surface area contributed by atoms with Crippen molar-refractivity contribution in [3.05, 3.63) is 10.0 Å². The Bertz CT molecular complexity index is 99.4. The molecule has 0 heterocycles. The summed E-state index contributed by atoms with van der Waals surface area (Å²) < 4.78 is 1.10. The van der Waals surface area contributed by atoms with Crippen LogP contribution in [0.1, 0.15) is 33.1 Å². The number of allylic oxidation sites excluding steroid dienone is 1. The molecule has 0 amide bonds. The molecule has 0 fully saturated rings. The molecule has 0 aromatic carbocycles. The molecule has 0 saturated heterocycles. The van der Waals surface area contributed by atoms with Gasteiger partial charge in [-0.15, -0.1) is 0 Å². The molecule has 0 spiro atoms. The van der Waals surface area contributed by atoms with Crippen molar-refractivity contribution in [2.24, 2.45) is 0 Å². The molecule has 0 aliphatic carbocycles. The molecule has 0 radical (unpaired) electrons. The van der Waals surface area contributed by atoms with Gasteiger partial charge in [0, 0.05) is 0 Å². The quantitative estimate of drug-likeness (QED) is 0.497. The third-order valence-electron chi connectivity index (χ3n) is 1.14. The number of unbranched alkanes of at least 4 members (excludes halogenated alkanes) is 2. The summed E-state index contributed by atoms with van der Waals surface area (Å²) in [5.41, 5.74) is 0. The van der Waals surface area contributed by atoms with E-state index in [1.165, 1.54) is 18.2 Å². The number of hydrogen-bond acceptors (Lipinski definition) is 0. The molecule has 0 saturated carbocycles. The fourth-order valence-electron chi connectivity index (χ4n) is 0.616. The summed E-state index contributed by atoms with van der Waals surface area (Å²) in [5, 5.41) is 1.22. The van der Waals surface area contributed by atoms with E-state index < -0.39 is 0 Å². The molecular formula is C8H15ClSe. The molecule has 0 rings (SSSR count). The van der Waals surface area contributed by atoms with Gasteiger partial charge in [0.05, 0.1) is 0 Å². The molecule has 0 atom stereocenters. The van der Waals surface area contributed by atoms with Crippen LogP contribution >= 0.6 is 11.6 Å².